The first-order valence-corrected chi connectivity index (χ1v) is 8.23. The Morgan fingerprint density at radius 1 is 1.23 bits per heavy atom. The molecular weight excluding hydrogens is 272 g/mol. The second kappa shape index (κ2) is 6.77. The number of hydrogen-bond acceptors (Lipinski definition) is 4. The van der Waals surface area contributed by atoms with Crippen LogP contribution in [0, 0.1) is 0 Å². The third kappa shape index (κ3) is 3.06. The number of hydrogen-bond donors (Lipinski definition) is 1. The molecule has 0 saturated heterocycles. The fraction of sp³-hybridized carbons (Fsp3) is 0.444. The average molecular weight is 296 g/mol. The highest BCUT2D eigenvalue weighted by molar-refractivity contribution is 5.69. The van der Waals surface area contributed by atoms with Gasteiger partial charge in [0.25, 0.3) is 0 Å². The normalized spacial score (nSPS) is 16.6. The molecular formula is C18H24N4. The molecule has 4 nitrogen and oxygen atoms in total. The predicted molar refractivity (Wildman–Crippen MR) is 91.8 cm³/mol. The number of nitrogens with one attached hydrogen (secondary N) is 1. The monoisotopic (exact) mass is 296 g/mol. The summed E-state index contributed by atoms with van der Waals surface area (Å²) >= 11 is 0. The summed E-state index contributed by atoms with van der Waals surface area (Å²) in [7, 11) is 0. The predicted octanol–water partition coefficient (Wildman–Crippen LogP) is 4.16. The molecule has 0 saturated carbocycles. The molecule has 2 heterocycles. The van der Waals surface area contributed by atoms with Gasteiger partial charge < -0.3 is 10.2 Å². The van der Waals surface area contributed by atoms with Crippen LogP contribution in [0.25, 0.3) is 0 Å². The summed E-state index contributed by atoms with van der Waals surface area (Å²) < 4.78 is 0. The maximum absolute atomic E-state index is 4.71. The Bertz CT molecular complexity index is 626. The van der Waals surface area contributed by atoms with E-state index in [4.69, 9.17) is 4.98 Å². The minimum Gasteiger partial charge on any atom is -0.354 e. The summed E-state index contributed by atoms with van der Waals surface area (Å²) in [5.41, 5.74) is 2.66. The molecule has 22 heavy (non-hydrogen) atoms. The van der Waals surface area contributed by atoms with Crippen LogP contribution in [-0.4, -0.2) is 22.6 Å². The summed E-state index contributed by atoms with van der Waals surface area (Å²) in [6.45, 7) is 5.39. The molecule has 0 fully saturated rings. The topological polar surface area (TPSA) is 41.1 Å². The lowest BCUT2D eigenvalue weighted by Crippen LogP contribution is -2.25. The van der Waals surface area contributed by atoms with Crippen LogP contribution in [0.2, 0.25) is 0 Å². The molecule has 2 aromatic rings. The van der Waals surface area contributed by atoms with Gasteiger partial charge in [-0.3, -0.25) is 0 Å². The molecule has 0 amide bonds. The summed E-state index contributed by atoms with van der Waals surface area (Å²) in [6.07, 6.45) is 6.54. The maximum Gasteiger partial charge on any atom is 0.224 e. The molecule has 1 aromatic carbocycles. The molecule has 0 radical (unpaired) electrons. The Morgan fingerprint density at radius 2 is 2.09 bits per heavy atom. The van der Waals surface area contributed by atoms with Gasteiger partial charge in [0.15, 0.2) is 0 Å². The fourth-order valence-corrected chi connectivity index (χ4v) is 3.06. The molecule has 1 aromatic heterocycles. The van der Waals surface area contributed by atoms with Gasteiger partial charge >= 0.3 is 0 Å². The van der Waals surface area contributed by atoms with Gasteiger partial charge in [0.2, 0.25) is 5.95 Å². The smallest absolute Gasteiger partial charge is 0.224 e. The third-order valence-corrected chi connectivity index (χ3v) is 4.16. The van der Waals surface area contributed by atoms with E-state index in [9.17, 15) is 0 Å². The van der Waals surface area contributed by atoms with Crippen molar-refractivity contribution >= 4 is 17.5 Å². The quantitative estimate of drug-likeness (QED) is 0.813. The van der Waals surface area contributed by atoms with Crippen molar-refractivity contribution in [3.05, 3.63) is 42.1 Å². The Hall–Kier alpha value is -2.10. The lowest BCUT2D eigenvalue weighted by atomic mass is 10.1. The first kappa shape index (κ1) is 14.8. The van der Waals surface area contributed by atoms with Crippen LogP contribution >= 0.6 is 0 Å². The summed E-state index contributed by atoms with van der Waals surface area (Å²) in [4.78, 5) is 11.4. The highest BCUT2D eigenvalue weighted by atomic mass is 15.3. The van der Waals surface area contributed by atoms with Crippen molar-refractivity contribution in [1.82, 2.24) is 9.97 Å². The van der Waals surface area contributed by atoms with Crippen LogP contribution in [0.5, 0.6) is 0 Å². The molecule has 1 N–H and O–H groups in total. The van der Waals surface area contributed by atoms with E-state index in [2.05, 4.69) is 53.3 Å². The van der Waals surface area contributed by atoms with E-state index in [1.807, 2.05) is 12.3 Å². The number of fused-ring (bicyclic) bond motifs is 1. The Labute approximate surface area is 132 Å². The van der Waals surface area contributed by atoms with Crippen LogP contribution in [0.15, 0.2) is 36.5 Å². The highest BCUT2D eigenvalue weighted by Crippen LogP contribution is 2.37. The lowest BCUT2D eigenvalue weighted by molar-refractivity contribution is 0.736. The van der Waals surface area contributed by atoms with Crippen molar-refractivity contribution in [2.75, 3.05) is 16.8 Å². The van der Waals surface area contributed by atoms with Crippen molar-refractivity contribution in [3.63, 3.8) is 0 Å². The van der Waals surface area contributed by atoms with Crippen LogP contribution < -0.4 is 10.2 Å². The zero-order valence-electron chi connectivity index (χ0n) is 13.4. The lowest BCUT2D eigenvalue weighted by Gasteiger charge is -2.24. The van der Waals surface area contributed by atoms with Crippen LogP contribution in [0.3, 0.4) is 0 Å². The first-order valence-electron chi connectivity index (χ1n) is 8.23. The Kier molecular flexibility index (Phi) is 4.56. The van der Waals surface area contributed by atoms with E-state index in [0.29, 0.717) is 6.04 Å². The molecule has 1 aliphatic heterocycles. The Balaban J connectivity index is 1.77. The Morgan fingerprint density at radius 3 is 2.95 bits per heavy atom. The van der Waals surface area contributed by atoms with Gasteiger partial charge in [-0.25, -0.2) is 4.98 Å². The van der Waals surface area contributed by atoms with Crippen molar-refractivity contribution in [3.8, 4) is 0 Å². The number of anilines is 3. The summed E-state index contributed by atoms with van der Waals surface area (Å²) in [6, 6.07) is 11.0. The average Bonchev–Trinajstić information content (AvgIpc) is 2.87. The van der Waals surface area contributed by atoms with E-state index in [1.54, 1.807) is 0 Å². The molecule has 4 heteroatoms. The van der Waals surface area contributed by atoms with E-state index < -0.39 is 0 Å². The molecule has 0 aliphatic carbocycles. The maximum atomic E-state index is 4.71. The van der Waals surface area contributed by atoms with E-state index in [1.165, 1.54) is 24.1 Å². The van der Waals surface area contributed by atoms with Gasteiger partial charge in [0.1, 0.15) is 5.82 Å². The first-order chi connectivity index (χ1) is 10.8. The standard InChI is InChI=1S/C18H24N4/c1-3-4-7-11-19-18-20-12-10-17(21-18)22-14(2)13-15-8-5-6-9-16(15)22/h5-6,8-10,12,14H,3-4,7,11,13H2,1-2H3,(H,19,20,21). The van der Waals surface area contributed by atoms with E-state index in [0.717, 1.165) is 31.2 Å². The minimum atomic E-state index is 0.431. The fourth-order valence-electron chi connectivity index (χ4n) is 3.06. The number of unbranched alkanes of at least 4 members (excludes halogenated alkanes) is 2. The molecule has 0 bridgehead atoms. The van der Waals surface area contributed by atoms with Gasteiger partial charge in [-0.05, 0) is 37.5 Å². The van der Waals surface area contributed by atoms with Gasteiger partial charge in [-0.15, -0.1) is 0 Å². The summed E-state index contributed by atoms with van der Waals surface area (Å²) in [5, 5.41) is 3.33. The molecule has 3 rings (SSSR count). The zero-order chi connectivity index (χ0) is 15.4. The highest BCUT2D eigenvalue weighted by Gasteiger charge is 2.27. The SMILES string of the molecule is CCCCCNc1nccc(N2c3ccccc3CC2C)n1. The number of rotatable bonds is 6. The molecule has 1 aliphatic rings. The zero-order valence-corrected chi connectivity index (χ0v) is 13.4. The summed E-state index contributed by atoms with van der Waals surface area (Å²) in [5.74, 6) is 1.70. The van der Waals surface area contributed by atoms with Gasteiger partial charge in [0, 0.05) is 24.5 Å². The van der Waals surface area contributed by atoms with Crippen molar-refractivity contribution in [2.45, 2.75) is 45.6 Å². The molecule has 1 unspecified atom stereocenters. The van der Waals surface area contributed by atoms with E-state index in [-0.39, 0.29) is 0 Å². The minimum absolute atomic E-state index is 0.431. The van der Waals surface area contributed by atoms with Gasteiger partial charge in [0.05, 0.1) is 0 Å². The largest absolute Gasteiger partial charge is 0.354 e. The number of nitrogens with zero attached hydrogens (tertiary/aromatic N) is 3. The molecule has 0 spiro atoms. The third-order valence-electron chi connectivity index (χ3n) is 4.16. The van der Waals surface area contributed by atoms with Gasteiger partial charge in [-0.1, -0.05) is 38.0 Å². The van der Waals surface area contributed by atoms with Crippen molar-refractivity contribution in [2.24, 2.45) is 0 Å². The number of para-hydroxylation sites is 1. The number of aromatic nitrogens is 2. The second-order valence-corrected chi connectivity index (χ2v) is 5.92. The van der Waals surface area contributed by atoms with E-state index >= 15 is 0 Å². The number of benzene rings is 1. The van der Waals surface area contributed by atoms with Crippen LogP contribution in [-0.2, 0) is 6.42 Å². The molecule has 1 atom stereocenters. The van der Waals surface area contributed by atoms with Crippen molar-refractivity contribution < 1.29 is 0 Å². The van der Waals surface area contributed by atoms with Crippen molar-refractivity contribution in [1.29, 1.82) is 0 Å². The van der Waals surface area contributed by atoms with Crippen LogP contribution in [0.4, 0.5) is 17.5 Å². The molecule has 116 valence electrons. The van der Waals surface area contributed by atoms with Gasteiger partial charge in [-0.2, -0.15) is 4.98 Å². The van der Waals surface area contributed by atoms with Crippen LogP contribution in [0.1, 0.15) is 38.7 Å². The second-order valence-electron chi connectivity index (χ2n) is 5.92.